The molecule has 4 aromatic carbocycles. The van der Waals surface area contributed by atoms with E-state index in [1.165, 1.54) is 0 Å². The Bertz CT molecular complexity index is 1130. The summed E-state index contributed by atoms with van der Waals surface area (Å²) in [6.45, 7) is 0. The Morgan fingerprint density at radius 2 is 1.18 bits per heavy atom. The van der Waals surface area contributed by atoms with Crippen LogP contribution in [-0.2, 0) is 10.2 Å². The van der Waals surface area contributed by atoms with Crippen molar-refractivity contribution in [3.05, 3.63) is 138 Å². The van der Waals surface area contributed by atoms with E-state index in [0.717, 1.165) is 22.3 Å². The number of carbonyl (C=O) groups excluding carboxylic acids is 1. The smallest absolute Gasteiger partial charge is 0.311 e. The number of hydrogen-bond donors (Lipinski definition) is 0. The van der Waals surface area contributed by atoms with E-state index in [1.807, 2.05) is 36.4 Å². The third-order valence-corrected chi connectivity index (χ3v) is 5.82. The average molecular weight is 431 g/mol. The highest BCUT2D eigenvalue weighted by molar-refractivity contribution is 5.72. The molecule has 0 saturated heterocycles. The maximum Gasteiger partial charge on any atom is 0.311 e. The van der Waals surface area contributed by atoms with Crippen LogP contribution in [0.2, 0.25) is 0 Å². The van der Waals surface area contributed by atoms with E-state index in [9.17, 15) is 4.79 Å². The summed E-state index contributed by atoms with van der Waals surface area (Å²) in [4.78, 5) is 12.4. The van der Waals surface area contributed by atoms with Gasteiger partial charge in [-0.15, -0.1) is 12.3 Å². The summed E-state index contributed by atoms with van der Waals surface area (Å²) in [7, 11) is 0. The van der Waals surface area contributed by atoms with Crippen LogP contribution in [0.5, 0.6) is 5.75 Å². The summed E-state index contributed by atoms with van der Waals surface area (Å²) in [5, 5.41) is 0. The lowest BCUT2D eigenvalue weighted by Gasteiger charge is -2.37. The van der Waals surface area contributed by atoms with E-state index in [2.05, 4.69) is 84.8 Å². The minimum absolute atomic E-state index is 0.271. The van der Waals surface area contributed by atoms with Crippen LogP contribution in [0.4, 0.5) is 0 Å². The van der Waals surface area contributed by atoms with Gasteiger partial charge in [-0.3, -0.25) is 4.79 Å². The maximum absolute atomic E-state index is 12.4. The predicted octanol–water partition coefficient (Wildman–Crippen LogP) is 6.78. The number of hydrogen-bond acceptors (Lipinski definition) is 2. The molecule has 0 radical (unpaired) electrons. The normalized spacial score (nSPS) is 10.9. The predicted molar refractivity (Wildman–Crippen MR) is 133 cm³/mol. The standard InChI is InChI=1S/C31H26O2/c1-2-3-7-23-30(32)33-29-22-14-21-28(24-29)31(25-15-8-4-9-16-25,26-17-10-5-11-18-26)27-19-12-6-13-20-27/h1,4-6,8-22,24H,3,7,23H2. The Labute approximate surface area is 195 Å². The molecule has 2 heteroatoms. The van der Waals surface area contributed by atoms with Crippen molar-refractivity contribution in [1.82, 2.24) is 0 Å². The molecular formula is C31H26O2. The lowest BCUT2D eigenvalue weighted by atomic mass is 9.65. The zero-order chi connectivity index (χ0) is 22.9. The van der Waals surface area contributed by atoms with Crippen molar-refractivity contribution in [2.45, 2.75) is 24.7 Å². The molecule has 0 heterocycles. The van der Waals surface area contributed by atoms with Gasteiger partial charge >= 0.3 is 5.97 Å². The van der Waals surface area contributed by atoms with Crippen LogP contribution in [0, 0.1) is 12.3 Å². The van der Waals surface area contributed by atoms with E-state index in [1.54, 1.807) is 0 Å². The van der Waals surface area contributed by atoms with Crippen molar-refractivity contribution in [2.75, 3.05) is 0 Å². The number of ether oxygens (including phenoxy) is 1. The Balaban J connectivity index is 1.88. The Morgan fingerprint density at radius 3 is 1.67 bits per heavy atom. The molecule has 0 unspecified atom stereocenters. The van der Waals surface area contributed by atoms with Crippen LogP contribution in [0.3, 0.4) is 0 Å². The zero-order valence-electron chi connectivity index (χ0n) is 18.5. The van der Waals surface area contributed by atoms with Gasteiger partial charge in [-0.05, 0) is 40.8 Å². The number of benzene rings is 4. The molecule has 0 aliphatic heterocycles. The third kappa shape index (κ3) is 4.73. The molecule has 33 heavy (non-hydrogen) atoms. The van der Waals surface area contributed by atoms with Gasteiger partial charge < -0.3 is 4.74 Å². The van der Waals surface area contributed by atoms with Gasteiger partial charge in [-0.1, -0.05) is 103 Å². The molecule has 0 atom stereocenters. The van der Waals surface area contributed by atoms with Gasteiger partial charge in [-0.25, -0.2) is 0 Å². The summed E-state index contributed by atoms with van der Waals surface area (Å²) in [5.41, 5.74) is 3.87. The SMILES string of the molecule is C#CCCCC(=O)Oc1cccc(C(c2ccccc2)(c2ccccc2)c2ccccc2)c1. The van der Waals surface area contributed by atoms with Crippen molar-refractivity contribution in [2.24, 2.45) is 0 Å². The molecule has 0 aromatic heterocycles. The quantitative estimate of drug-likeness (QED) is 0.101. The zero-order valence-corrected chi connectivity index (χ0v) is 18.5. The van der Waals surface area contributed by atoms with Gasteiger partial charge in [-0.2, -0.15) is 0 Å². The molecule has 0 amide bonds. The summed E-state index contributed by atoms with van der Waals surface area (Å²) in [6.07, 6.45) is 6.79. The monoisotopic (exact) mass is 430 g/mol. The third-order valence-electron chi connectivity index (χ3n) is 5.82. The molecular weight excluding hydrogens is 404 g/mol. The van der Waals surface area contributed by atoms with Crippen LogP contribution in [0.25, 0.3) is 0 Å². The lowest BCUT2D eigenvalue weighted by molar-refractivity contribution is -0.134. The molecule has 0 aliphatic rings. The highest BCUT2D eigenvalue weighted by Gasteiger charge is 2.38. The fraction of sp³-hybridized carbons (Fsp3) is 0.129. The Hall–Kier alpha value is -4.09. The van der Waals surface area contributed by atoms with Gasteiger partial charge in [0.1, 0.15) is 5.75 Å². The second kappa shape index (κ2) is 10.5. The van der Waals surface area contributed by atoms with E-state index in [4.69, 9.17) is 11.2 Å². The van der Waals surface area contributed by atoms with Gasteiger partial charge in [0.15, 0.2) is 0 Å². The largest absolute Gasteiger partial charge is 0.427 e. The fourth-order valence-electron chi connectivity index (χ4n) is 4.37. The van der Waals surface area contributed by atoms with Crippen LogP contribution in [0.15, 0.2) is 115 Å². The fourth-order valence-corrected chi connectivity index (χ4v) is 4.37. The first-order chi connectivity index (χ1) is 16.2. The van der Waals surface area contributed by atoms with Crippen LogP contribution in [-0.4, -0.2) is 5.97 Å². The molecule has 0 saturated carbocycles. The van der Waals surface area contributed by atoms with Crippen LogP contribution < -0.4 is 4.74 Å². The molecule has 0 bridgehead atoms. The van der Waals surface area contributed by atoms with Crippen molar-refractivity contribution in [3.8, 4) is 18.1 Å². The highest BCUT2D eigenvalue weighted by Crippen LogP contribution is 2.45. The minimum atomic E-state index is -0.574. The number of rotatable bonds is 8. The van der Waals surface area contributed by atoms with E-state index in [-0.39, 0.29) is 5.97 Å². The number of esters is 1. The van der Waals surface area contributed by atoms with Crippen LogP contribution in [0.1, 0.15) is 41.5 Å². The molecule has 0 N–H and O–H groups in total. The van der Waals surface area contributed by atoms with Crippen molar-refractivity contribution < 1.29 is 9.53 Å². The summed E-state index contributed by atoms with van der Waals surface area (Å²) < 4.78 is 5.70. The number of carbonyl (C=O) groups is 1. The van der Waals surface area contributed by atoms with E-state index >= 15 is 0 Å². The Kier molecular flexibility index (Phi) is 7.03. The molecule has 4 rings (SSSR count). The highest BCUT2D eigenvalue weighted by atomic mass is 16.5. The first-order valence-electron chi connectivity index (χ1n) is 11.2. The molecule has 0 fully saturated rings. The maximum atomic E-state index is 12.4. The molecule has 162 valence electrons. The van der Waals surface area contributed by atoms with Crippen molar-refractivity contribution in [3.63, 3.8) is 0 Å². The van der Waals surface area contributed by atoms with Crippen molar-refractivity contribution >= 4 is 5.97 Å². The second-order valence-corrected chi connectivity index (χ2v) is 7.91. The summed E-state index contributed by atoms with van der Waals surface area (Å²) in [6, 6.07) is 39.2. The summed E-state index contributed by atoms with van der Waals surface area (Å²) >= 11 is 0. The first-order valence-corrected chi connectivity index (χ1v) is 11.2. The van der Waals surface area contributed by atoms with Gasteiger partial charge in [0, 0.05) is 12.8 Å². The molecule has 2 nitrogen and oxygen atoms in total. The molecule has 0 aliphatic carbocycles. The topological polar surface area (TPSA) is 26.3 Å². The summed E-state index contributed by atoms with van der Waals surface area (Å²) in [5.74, 6) is 2.82. The average Bonchev–Trinajstić information content (AvgIpc) is 2.87. The van der Waals surface area contributed by atoms with Gasteiger partial charge in [0.2, 0.25) is 0 Å². The van der Waals surface area contributed by atoms with E-state index in [0.29, 0.717) is 25.0 Å². The van der Waals surface area contributed by atoms with Gasteiger partial charge in [0.25, 0.3) is 0 Å². The minimum Gasteiger partial charge on any atom is -0.427 e. The lowest BCUT2D eigenvalue weighted by Crippen LogP contribution is -2.31. The molecule has 4 aromatic rings. The van der Waals surface area contributed by atoms with Gasteiger partial charge in [0.05, 0.1) is 5.41 Å². The molecule has 0 spiro atoms. The second-order valence-electron chi connectivity index (χ2n) is 7.91. The number of terminal acetylenes is 1. The van der Waals surface area contributed by atoms with Crippen LogP contribution >= 0.6 is 0 Å². The first kappa shape index (κ1) is 22.1. The van der Waals surface area contributed by atoms with Crippen molar-refractivity contribution in [1.29, 1.82) is 0 Å². The van der Waals surface area contributed by atoms with E-state index < -0.39 is 5.41 Å². The number of unbranched alkanes of at least 4 members (excludes halogenated alkanes) is 1. The Morgan fingerprint density at radius 1 is 0.697 bits per heavy atom.